The normalized spacial score (nSPS) is 31.9. The number of alkyl halides is 1. The van der Waals surface area contributed by atoms with Gasteiger partial charge in [-0.1, -0.05) is 70.3 Å². The van der Waals surface area contributed by atoms with Gasteiger partial charge in [-0.2, -0.15) is 0 Å². The number of rotatable bonds is 2. The second-order valence-electron chi connectivity index (χ2n) is 6.07. The highest BCUT2D eigenvalue weighted by atomic mass is 79.9. The fourth-order valence-corrected chi connectivity index (χ4v) is 6.12. The molecule has 1 aliphatic carbocycles. The summed E-state index contributed by atoms with van der Waals surface area (Å²) in [5.74, 6) is 1.80. The van der Waals surface area contributed by atoms with Gasteiger partial charge in [-0.05, 0) is 30.5 Å². The Morgan fingerprint density at radius 3 is 2.71 bits per heavy atom. The van der Waals surface area contributed by atoms with Crippen LogP contribution in [0.2, 0.25) is 0 Å². The van der Waals surface area contributed by atoms with Crippen molar-refractivity contribution in [1.29, 1.82) is 0 Å². The van der Waals surface area contributed by atoms with Crippen LogP contribution in [0.5, 0.6) is 11.5 Å². The van der Waals surface area contributed by atoms with Gasteiger partial charge in [0.15, 0.2) is 11.5 Å². The molecule has 3 unspecified atom stereocenters. The van der Waals surface area contributed by atoms with E-state index in [0.717, 1.165) is 38.4 Å². The first-order valence-electron chi connectivity index (χ1n) is 7.85. The van der Waals surface area contributed by atoms with Gasteiger partial charge in [0.2, 0.25) is 0 Å². The molecule has 0 amide bonds. The average Bonchev–Trinajstić information content (AvgIpc) is 2.89. The van der Waals surface area contributed by atoms with Crippen molar-refractivity contribution >= 4 is 60.6 Å². The van der Waals surface area contributed by atoms with Crippen molar-refractivity contribution in [1.82, 2.24) is 5.32 Å². The van der Waals surface area contributed by atoms with Crippen molar-refractivity contribution in [2.24, 2.45) is 5.92 Å². The summed E-state index contributed by atoms with van der Waals surface area (Å²) in [6.45, 7) is 1.16. The van der Waals surface area contributed by atoms with Crippen LogP contribution in [0.15, 0.2) is 30.4 Å². The first-order valence-corrected chi connectivity index (χ1v) is 10.4. The van der Waals surface area contributed by atoms with Crippen LogP contribution in [-0.4, -0.2) is 26.6 Å². The SMILES string of the molecule is S=C1NC(c2ccc3c(c2)OCCO3)(C2C=CCC(Br)C2)C(=S)S1. The average molecular weight is 442 g/mol. The summed E-state index contributed by atoms with van der Waals surface area (Å²) in [5, 5.41) is 3.52. The first kappa shape index (κ1) is 16.8. The molecule has 4 rings (SSSR count). The van der Waals surface area contributed by atoms with E-state index in [2.05, 4.69) is 39.5 Å². The zero-order valence-corrected chi connectivity index (χ0v) is 16.8. The van der Waals surface area contributed by atoms with E-state index in [9.17, 15) is 0 Å². The maximum atomic E-state index is 5.78. The lowest BCUT2D eigenvalue weighted by molar-refractivity contribution is 0.171. The van der Waals surface area contributed by atoms with E-state index in [-0.39, 0.29) is 5.92 Å². The quantitative estimate of drug-likeness (QED) is 0.417. The molecule has 1 saturated heterocycles. The van der Waals surface area contributed by atoms with E-state index >= 15 is 0 Å². The molecule has 24 heavy (non-hydrogen) atoms. The number of hydrogen-bond acceptors (Lipinski definition) is 5. The lowest BCUT2D eigenvalue weighted by atomic mass is 9.74. The molecule has 1 N–H and O–H groups in total. The first-order chi connectivity index (χ1) is 11.6. The largest absolute Gasteiger partial charge is 0.486 e. The third-order valence-corrected chi connectivity index (χ3v) is 7.10. The Morgan fingerprint density at radius 2 is 2.00 bits per heavy atom. The number of thioether (sulfide) groups is 1. The van der Waals surface area contributed by atoms with Crippen LogP contribution in [0.4, 0.5) is 0 Å². The number of fused-ring (bicyclic) bond motifs is 1. The molecule has 0 aromatic heterocycles. The highest BCUT2D eigenvalue weighted by Gasteiger charge is 2.49. The van der Waals surface area contributed by atoms with Gasteiger partial charge in [-0.15, -0.1) is 0 Å². The molecule has 3 nitrogen and oxygen atoms in total. The molecule has 1 fully saturated rings. The van der Waals surface area contributed by atoms with Crippen LogP contribution >= 0.6 is 52.1 Å². The van der Waals surface area contributed by atoms with Crippen LogP contribution in [-0.2, 0) is 5.54 Å². The molecule has 0 bridgehead atoms. The van der Waals surface area contributed by atoms with Crippen molar-refractivity contribution in [3.8, 4) is 11.5 Å². The van der Waals surface area contributed by atoms with Gasteiger partial charge in [-0.25, -0.2) is 0 Å². The molecule has 1 aromatic carbocycles. The predicted octanol–water partition coefficient (Wildman–Crippen LogP) is 4.33. The zero-order valence-electron chi connectivity index (χ0n) is 12.8. The lowest BCUT2D eigenvalue weighted by Gasteiger charge is -2.39. The highest BCUT2D eigenvalue weighted by Crippen LogP contribution is 2.47. The van der Waals surface area contributed by atoms with Crippen molar-refractivity contribution < 1.29 is 9.47 Å². The third kappa shape index (κ3) is 2.79. The minimum Gasteiger partial charge on any atom is -0.486 e. The predicted molar refractivity (Wildman–Crippen MR) is 110 cm³/mol. The summed E-state index contributed by atoms with van der Waals surface area (Å²) >= 11 is 16.5. The third-order valence-electron chi connectivity index (χ3n) is 4.63. The number of nitrogens with one attached hydrogen (secondary N) is 1. The molecule has 126 valence electrons. The molecule has 0 radical (unpaired) electrons. The molecule has 1 aromatic rings. The maximum Gasteiger partial charge on any atom is 0.161 e. The zero-order chi connectivity index (χ0) is 16.7. The molecule has 0 saturated carbocycles. The Morgan fingerprint density at radius 1 is 1.21 bits per heavy atom. The molecule has 2 aliphatic heterocycles. The Labute approximate surface area is 164 Å². The number of halogens is 1. The smallest absolute Gasteiger partial charge is 0.161 e. The molecular weight excluding hydrogens is 426 g/mol. The van der Waals surface area contributed by atoms with E-state index in [1.807, 2.05) is 12.1 Å². The van der Waals surface area contributed by atoms with E-state index in [1.54, 1.807) is 0 Å². The fourth-order valence-electron chi connectivity index (χ4n) is 3.50. The van der Waals surface area contributed by atoms with Crippen LogP contribution < -0.4 is 14.8 Å². The second kappa shape index (κ2) is 6.59. The minimum atomic E-state index is -0.476. The van der Waals surface area contributed by atoms with Gasteiger partial charge >= 0.3 is 0 Å². The molecule has 2 heterocycles. The van der Waals surface area contributed by atoms with Crippen molar-refractivity contribution in [2.75, 3.05) is 13.2 Å². The summed E-state index contributed by atoms with van der Waals surface area (Å²) in [6, 6.07) is 6.10. The monoisotopic (exact) mass is 441 g/mol. The summed E-state index contributed by atoms with van der Waals surface area (Å²) in [7, 11) is 0. The van der Waals surface area contributed by atoms with E-state index < -0.39 is 5.54 Å². The van der Waals surface area contributed by atoms with Gasteiger partial charge in [0, 0.05) is 10.7 Å². The highest BCUT2D eigenvalue weighted by molar-refractivity contribution is 9.09. The van der Waals surface area contributed by atoms with Gasteiger partial charge in [0.1, 0.15) is 23.1 Å². The van der Waals surface area contributed by atoms with Crippen LogP contribution in [0, 0.1) is 5.92 Å². The van der Waals surface area contributed by atoms with Gasteiger partial charge in [-0.3, -0.25) is 0 Å². The number of hydrogen-bond donors (Lipinski definition) is 1. The number of thiocarbonyl (C=S) groups is 2. The Balaban J connectivity index is 1.82. The van der Waals surface area contributed by atoms with Gasteiger partial charge in [0.05, 0.1) is 4.20 Å². The van der Waals surface area contributed by atoms with Gasteiger partial charge < -0.3 is 14.8 Å². The molecule has 3 atom stereocenters. The Kier molecular flexibility index (Phi) is 4.62. The maximum absolute atomic E-state index is 5.78. The van der Waals surface area contributed by atoms with Crippen molar-refractivity contribution in [3.63, 3.8) is 0 Å². The van der Waals surface area contributed by atoms with Crippen molar-refractivity contribution in [3.05, 3.63) is 35.9 Å². The summed E-state index contributed by atoms with van der Waals surface area (Å²) in [4.78, 5) is 0.449. The number of ether oxygens (including phenoxy) is 2. The number of allylic oxidation sites excluding steroid dienone is 1. The van der Waals surface area contributed by atoms with Crippen molar-refractivity contribution in [2.45, 2.75) is 23.2 Å². The summed E-state index contributed by atoms with van der Waals surface area (Å²) in [6.07, 6.45) is 6.53. The van der Waals surface area contributed by atoms with Crippen LogP contribution in [0.3, 0.4) is 0 Å². The second-order valence-corrected chi connectivity index (χ2v) is 9.72. The lowest BCUT2D eigenvalue weighted by Crippen LogP contribution is -2.49. The van der Waals surface area contributed by atoms with Gasteiger partial charge in [0.25, 0.3) is 0 Å². The van der Waals surface area contributed by atoms with E-state index in [4.69, 9.17) is 33.9 Å². The summed E-state index contributed by atoms with van der Waals surface area (Å²) in [5.41, 5.74) is 0.607. The number of benzene rings is 1. The van der Waals surface area contributed by atoms with Crippen LogP contribution in [0.1, 0.15) is 18.4 Å². The molecule has 0 spiro atoms. The van der Waals surface area contributed by atoms with E-state index in [0.29, 0.717) is 18.0 Å². The minimum absolute atomic E-state index is 0.235. The topological polar surface area (TPSA) is 30.5 Å². The summed E-state index contributed by atoms with van der Waals surface area (Å²) < 4.78 is 13.0. The van der Waals surface area contributed by atoms with E-state index in [1.165, 1.54) is 11.8 Å². The molecular formula is C17H16BrNO2S3. The van der Waals surface area contributed by atoms with Crippen LogP contribution in [0.25, 0.3) is 0 Å². The Bertz CT molecular complexity index is 739. The molecule has 7 heteroatoms. The Hall–Kier alpha value is -0.630. The molecule has 3 aliphatic rings. The fraction of sp³-hybridized carbons (Fsp3) is 0.412. The standard InChI is InChI=1S/C17H16BrNO2S3/c18-12-3-1-2-10(8-12)17(15(22)24-16(23)19-17)11-4-5-13-14(9-11)21-7-6-20-13/h1-2,4-5,9-10,12H,3,6-8H2,(H,19,23).